The Morgan fingerprint density at radius 2 is 2.20 bits per heavy atom. The second-order valence-corrected chi connectivity index (χ2v) is 4.38. The molecule has 0 aliphatic rings. The van der Waals surface area contributed by atoms with E-state index in [0.29, 0.717) is 12.5 Å². The van der Waals surface area contributed by atoms with E-state index in [4.69, 9.17) is 17.3 Å². The Hall–Kier alpha value is -0.990. The van der Waals surface area contributed by atoms with E-state index in [2.05, 4.69) is 17.6 Å². The molecule has 0 aliphatic carbocycles. The first-order valence-corrected chi connectivity index (χ1v) is 5.46. The van der Waals surface area contributed by atoms with Crippen molar-refractivity contribution in [3.8, 4) is 0 Å². The summed E-state index contributed by atoms with van der Waals surface area (Å²) in [4.78, 5) is 0. The average Bonchev–Trinajstić information content (AvgIpc) is 2.54. The number of halogens is 1. The molecular weight excluding hydrogens is 208 g/mol. The third-order valence-electron chi connectivity index (χ3n) is 2.87. The molecule has 1 atom stereocenters. The highest BCUT2D eigenvalue weighted by Gasteiger charge is 2.12. The van der Waals surface area contributed by atoms with Crippen molar-refractivity contribution in [1.29, 1.82) is 0 Å². The second kappa shape index (κ2) is 3.87. The van der Waals surface area contributed by atoms with Crippen LogP contribution in [0.2, 0.25) is 5.02 Å². The molecule has 0 amide bonds. The van der Waals surface area contributed by atoms with E-state index < -0.39 is 0 Å². The van der Waals surface area contributed by atoms with Crippen molar-refractivity contribution in [2.45, 2.75) is 12.8 Å². The summed E-state index contributed by atoms with van der Waals surface area (Å²) in [6.07, 6.45) is 1.94. The van der Waals surface area contributed by atoms with E-state index in [1.165, 1.54) is 11.1 Å². The predicted molar refractivity (Wildman–Crippen MR) is 65.4 cm³/mol. The van der Waals surface area contributed by atoms with Crippen molar-refractivity contribution in [2.75, 3.05) is 6.54 Å². The lowest BCUT2D eigenvalue weighted by atomic mass is 9.99. The number of fused-ring (bicyclic) bond motifs is 1. The number of hydrogen-bond donors (Lipinski definition) is 1. The van der Waals surface area contributed by atoms with Gasteiger partial charge in [0.25, 0.3) is 0 Å². The van der Waals surface area contributed by atoms with Crippen molar-refractivity contribution in [1.82, 2.24) is 4.57 Å². The van der Waals surface area contributed by atoms with Crippen molar-refractivity contribution < 1.29 is 0 Å². The van der Waals surface area contributed by atoms with Crippen LogP contribution in [-0.4, -0.2) is 11.1 Å². The normalized spacial score (nSPS) is 13.3. The van der Waals surface area contributed by atoms with Gasteiger partial charge in [-0.15, -0.1) is 0 Å². The number of nitrogens with zero attached hydrogens (tertiary/aromatic N) is 1. The largest absolute Gasteiger partial charge is 0.349 e. The quantitative estimate of drug-likeness (QED) is 0.833. The highest BCUT2D eigenvalue weighted by molar-refractivity contribution is 6.35. The van der Waals surface area contributed by atoms with Crippen LogP contribution in [0.25, 0.3) is 10.9 Å². The van der Waals surface area contributed by atoms with Gasteiger partial charge in [0, 0.05) is 18.6 Å². The van der Waals surface area contributed by atoms with Crippen LogP contribution in [0.5, 0.6) is 0 Å². The van der Waals surface area contributed by atoms with E-state index in [0.717, 1.165) is 10.4 Å². The van der Waals surface area contributed by atoms with E-state index in [1.807, 2.05) is 25.4 Å². The molecule has 1 heterocycles. The maximum atomic E-state index is 6.15. The molecular formula is C12H15ClN2. The topological polar surface area (TPSA) is 30.9 Å². The first-order chi connectivity index (χ1) is 7.15. The van der Waals surface area contributed by atoms with Crippen LogP contribution in [0.1, 0.15) is 18.4 Å². The molecule has 0 saturated carbocycles. The Morgan fingerprint density at radius 1 is 1.47 bits per heavy atom. The lowest BCUT2D eigenvalue weighted by Gasteiger charge is -2.11. The molecule has 1 aromatic carbocycles. The summed E-state index contributed by atoms with van der Waals surface area (Å²) in [5, 5.41) is 1.91. The third kappa shape index (κ3) is 1.64. The van der Waals surface area contributed by atoms with E-state index in [-0.39, 0.29) is 0 Å². The van der Waals surface area contributed by atoms with Crippen molar-refractivity contribution in [3.63, 3.8) is 0 Å². The lowest BCUT2D eigenvalue weighted by Crippen LogP contribution is -2.09. The van der Waals surface area contributed by atoms with Gasteiger partial charge in [-0.2, -0.15) is 0 Å². The average molecular weight is 223 g/mol. The van der Waals surface area contributed by atoms with Crippen LogP contribution in [0, 0.1) is 0 Å². The molecule has 1 unspecified atom stereocenters. The van der Waals surface area contributed by atoms with Crippen LogP contribution < -0.4 is 5.73 Å². The Morgan fingerprint density at radius 3 is 2.87 bits per heavy atom. The summed E-state index contributed by atoms with van der Waals surface area (Å²) in [5.74, 6) is 0.360. The molecule has 2 rings (SSSR count). The van der Waals surface area contributed by atoms with Gasteiger partial charge in [-0.3, -0.25) is 0 Å². The molecule has 0 spiro atoms. The van der Waals surface area contributed by atoms with Crippen LogP contribution in [0.3, 0.4) is 0 Å². The molecule has 0 bridgehead atoms. The highest BCUT2D eigenvalue weighted by atomic mass is 35.5. The predicted octanol–water partition coefficient (Wildman–Crippen LogP) is 2.89. The van der Waals surface area contributed by atoms with Crippen molar-refractivity contribution in [2.24, 2.45) is 12.8 Å². The smallest absolute Gasteiger partial charge is 0.0661 e. The second-order valence-electron chi connectivity index (χ2n) is 3.97. The summed E-state index contributed by atoms with van der Waals surface area (Å²) in [5.41, 5.74) is 8.17. The van der Waals surface area contributed by atoms with Gasteiger partial charge in [0.05, 0.1) is 10.5 Å². The van der Waals surface area contributed by atoms with Crippen LogP contribution in [0.4, 0.5) is 0 Å². The summed E-state index contributed by atoms with van der Waals surface area (Å²) < 4.78 is 2.07. The molecule has 2 N–H and O–H groups in total. The van der Waals surface area contributed by atoms with Gasteiger partial charge in [0.2, 0.25) is 0 Å². The number of hydrogen-bond acceptors (Lipinski definition) is 1. The monoisotopic (exact) mass is 222 g/mol. The van der Waals surface area contributed by atoms with E-state index >= 15 is 0 Å². The Balaban J connectivity index is 2.75. The molecule has 0 fully saturated rings. The number of benzene rings is 1. The lowest BCUT2D eigenvalue weighted by molar-refractivity contribution is 0.773. The SMILES string of the molecule is CC(CN)c1cccc2c(Cl)cn(C)c12. The number of aromatic nitrogens is 1. The van der Waals surface area contributed by atoms with Gasteiger partial charge in [-0.25, -0.2) is 0 Å². The fraction of sp³-hybridized carbons (Fsp3) is 0.333. The van der Waals surface area contributed by atoms with Gasteiger partial charge in [0.15, 0.2) is 0 Å². The van der Waals surface area contributed by atoms with Crippen LogP contribution in [0.15, 0.2) is 24.4 Å². The summed E-state index contributed by atoms with van der Waals surface area (Å²) in [6, 6.07) is 6.20. The number of nitrogens with two attached hydrogens (primary N) is 1. The molecule has 3 heteroatoms. The standard InChI is InChI=1S/C12H15ClN2/c1-8(6-14)9-4-3-5-10-11(13)7-15(2)12(9)10/h3-5,7-8H,6,14H2,1-2H3. The van der Waals surface area contributed by atoms with Crippen molar-refractivity contribution >= 4 is 22.5 Å². The molecule has 15 heavy (non-hydrogen) atoms. The zero-order valence-corrected chi connectivity index (χ0v) is 9.75. The molecule has 0 radical (unpaired) electrons. The molecule has 2 nitrogen and oxygen atoms in total. The van der Waals surface area contributed by atoms with Gasteiger partial charge in [-0.1, -0.05) is 36.7 Å². The maximum absolute atomic E-state index is 6.15. The van der Waals surface area contributed by atoms with Crippen LogP contribution >= 0.6 is 11.6 Å². The van der Waals surface area contributed by atoms with E-state index in [1.54, 1.807) is 0 Å². The van der Waals surface area contributed by atoms with Gasteiger partial charge < -0.3 is 10.3 Å². The first-order valence-electron chi connectivity index (χ1n) is 5.08. The van der Waals surface area contributed by atoms with E-state index in [9.17, 15) is 0 Å². The summed E-state index contributed by atoms with van der Waals surface area (Å²) >= 11 is 6.15. The number of aryl methyl sites for hydroxylation is 1. The number of rotatable bonds is 2. The van der Waals surface area contributed by atoms with Gasteiger partial charge in [-0.05, 0) is 18.0 Å². The van der Waals surface area contributed by atoms with Gasteiger partial charge in [0.1, 0.15) is 0 Å². The Bertz CT molecular complexity index is 488. The molecule has 0 saturated heterocycles. The zero-order valence-electron chi connectivity index (χ0n) is 9.00. The minimum atomic E-state index is 0.360. The van der Waals surface area contributed by atoms with Gasteiger partial charge >= 0.3 is 0 Å². The molecule has 2 aromatic rings. The third-order valence-corrected chi connectivity index (χ3v) is 3.17. The Labute approximate surface area is 94.6 Å². The van der Waals surface area contributed by atoms with Crippen LogP contribution in [-0.2, 0) is 7.05 Å². The fourth-order valence-corrected chi connectivity index (χ4v) is 2.28. The number of para-hydroxylation sites is 1. The van der Waals surface area contributed by atoms with Crippen molar-refractivity contribution in [3.05, 3.63) is 35.0 Å². The molecule has 1 aromatic heterocycles. The zero-order chi connectivity index (χ0) is 11.0. The fourth-order valence-electron chi connectivity index (χ4n) is 1.98. The summed E-state index contributed by atoms with van der Waals surface area (Å²) in [7, 11) is 2.01. The summed E-state index contributed by atoms with van der Waals surface area (Å²) in [6.45, 7) is 2.79. The highest BCUT2D eigenvalue weighted by Crippen LogP contribution is 2.30. The first kappa shape index (κ1) is 10.5. The maximum Gasteiger partial charge on any atom is 0.0661 e. The minimum Gasteiger partial charge on any atom is -0.349 e. The molecule has 0 aliphatic heterocycles. The molecule has 80 valence electrons. The minimum absolute atomic E-state index is 0.360. The Kier molecular flexibility index (Phi) is 2.72.